The quantitative estimate of drug-likeness (QED) is 0.825. The first-order valence-corrected chi connectivity index (χ1v) is 7.72. The van der Waals surface area contributed by atoms with Crippen LogP contribution in [0.3, 0.4) is 0 Å². The van der Waals surface area contributed by atoms with Gasteiger partial charge in [-0.05, 0) is 36.8 Å². The molecule has 1 N–H and O–H groups in total. The van der Waals surface area contributed by atoms with Crippen LogP contribution in [-0.4, -0.2) is 12.5 Å². The fourth-order valence-electron chi connectivity index (χ4n) is 1.88. The Bertz CT molecular complexity index is 639. The normalized spacial score (nSPS) is 11.8. The molecule has 0 saturated heterocycles. The van der Waals surface area contributed by atoms with Gasteiger partial charge in [0.25, 0.3) is 5.91 Å². The summed E-state index contributed by atoms with van der Waals surface area (Å²) in [7, 11) is 0. The topological polar surface area (TPSA) is 38.3 Å². The first-order chi connectivity index (χ1) is 10.5. The summed E-state index contributed by atoms with van der Waals surface area (Å²) >= 11 is 17.8. The number of hydrogen-bond acceptors (Lipinski definition) is 2. The third kappa shape index (κ3) is 4.54. The predicted molar refractivity (Wildman–Crippen MR) is 90.0 cm³/mol. The van der Waals surface area contributed by atoms with Crippen LogP contribution in [0.1, 0.15) is 18.5 Å². The molecule has 22 heavy (non-hydrogen) atoms. The Morgan fingerprint density at radius 3 is 2.27 bits per heavy atom. The van der Waals surface area contributed by atoms with E-state index in [2.05, 4.69) is 5.32 Å². The molecule has 2 aromatic rings. The van der Waals surface area contributed by atoms with E-state index in [0.717, 1.165) is 5.56 Å². The largest absolute Gasteiger partial charge is 0.481 e. The molecule has 2 aromatic carbocycles. The smallest absolute Gasteiger partial charge is 0.258 e. The number of benzene rings is 2. The van der Waals surface area contributed by atoms with E-state index in [4.69, 9.17) is 39.5 Å². The molecule has 0 heterocycles. The number of carbonyl (C=O) groups is 1. The summed E-state index contributed by atoms with van der Waals surface area (Å²) in [5.41, 5.74) is 0.952. The lowest BCUT2D eigenvalue weighted by atomic mass is 10.1. The van der Waals surface area contributed by atoms with Crippen LogP contribution in [0, 0.1) is 0 Å². The third-order valence-electron chi connectivity index (χ3n) is 3.01. The number of hydrogen-bond donors (Lipinski definition) is 1. The van der Waals surface area contributed by atoms with Gasteiger partial charge >= 0.3 is 0 Å². The minimum atomic E-state index is -0.265. The second-order valence-electron chi connectivity index (χ2n) is 4.68. The Morgan fingerprint density at radius 1 is 1.09 bits per heavy atom. The number of rotatable bonds is 5. The molecule has 0 aliphatic carbocycles. The number of ether oxygens (including phenoxy) is 1. The molecule has 0 aliphatic heterocycles. The Morgan fingerprint density at radius 2 is 1.68 bits per heavy atom. The van der Waals surface area contributed by atoms with Gasteiger partial charge in [-0.2, -0.15) is 0 Å². The highest BCUT2D eigenvalue weighted by Crippen LogP contribution is 2.32. The van der Waals surface area contributed by atoms with Crippen LogP contribution in [0.4, 0.5) is 0 Å². The van der Waals surface area contributed by atoms with Crippen molar-refractivity contribution >= 4 is 40.7 Å². The van der Waals surface area contributed by atoms with Crippen molar-refractivity contribution < 1.29 is 9.53 Å². The van der Waals surface area contributed by atoms with E-state index >= 15 is 0 Å². The molecule has 0 fully saturated rings. The molecule has 0 aliphatic rings. The molecule has 1 amide bonds. The summed E-state index contributed by atoms with van der Waals surface area (Å²) in [6.45, 7) is 1.71. The second kappa shape index (κ2) is 7.73. The highest BCUT2D eigenvalue weighted by molar-refractivity contribution is 6.37. The number of para-hydroxylation sites is 1. The minimum Gasteiger partial charge on any atom is -0.481 e. The van der Waals surface area contributed by atoms with Gasteiger partial charge in [0.05, 0.1) is 16.1 Å². The maximum atomic E-state index is 11.9. The number of halogens is 3. The Balaban J connectivity index is 1.91. The molecule has 6 heteroatoms. The summed E-state index contributed by atoms with van der Waals surface area (Å²) < 4.78 is 5.39. The van der Waals surface area contributed by atoms with Crippen molar-refractivity contribution in [1.29, 1.82) is 0 Å². The summed E-state index contributed by atoms with van der Waals surface area (Å²) in [5.74, 6) is 0.0403. The molecule has 3 nitrogen and oxygen atoms in total. The standard InChI is InChI=1S/C16H14Cl3NO2/c1-10(11-5-7-12(17)8-6-11)20-15(21)9-22-16-13(18)3-2-4-14(16)19/h2-8,10H,9H2,1H3,(H,20,21). The van der Waals surface area contributed by atoms with Crippen molar-refractivity contribution in [2.45, 2.75) is 13.0 Å². The second-order valence-corrected chi connectivity index (χ2v) is 5.93. The lowest BCUT2D eigenvalue weighted by molar-refractivity contribution is -0.123. The molecule has 1 unspecified atom stereocenters. The SMILES string of the molecule is CC(NC(=O)COc1c(Cl)cccc1Cl)c1ccc(Cl)cc1. The van der Waals surface area contributed by atoms with Crippen LogP contribution >= 0.6 is 34.8 Å². The fraction of sp³-hybridized carbons (Fsp3) is 0.188. The molecule has 0 aromatic heterocycles. The van der Waals surface area contributed by atoms with E-state index < -0.39 is 0 Å². The van der Waals surface area contributed by atoms with Crippen molar-refractivity contribution in [3.63, 3.8) is 0 Å². The zero-order valence-electron chi connectivity index (χ0n) is 11.8. The number of amides is 1. The first-order valence-electron chi connectivity index (χ1n) is 6.59. The van der Waals surface area contributed by atoms with E-state index in [1.54, 1.807) is 30.3 Å². The van der Waals surface area contributed by atoms with E-state index in [0.29, 0.717) is 20.8 Å². The molecule has 2 rings (SSSR count). The van der Waals surface area contributed by atoms with Crippen LogP contribution < -0.4 is 10.1 Å². The Hall–Kier alpha value is -1.42. The maximum absolute atomic E-state index is 11.9. The van der Waals surface area contributed by atoms with Gasteiger partial charge in [0.15, 0.2) is 12.4 Å². The number of carbonyl (C=O) groups excluding carboxylic acids is 1. The van der Waals surface area contributed by atoms with Crippen molar-refractivity contribution in [2.75, 3.05) is 6.61 Å². The van der Waals surface area contributed by atoms with Crippen LogP contribution in [-0.2, 0) is 4.79 Å². The third-order valence-corrected chi connectivity index (χ3v) is 3.86. The van der Waals surface area contributed by atoms with Gasteiger partial charge in [-0.15, -0.1) is 0 Å². The zero-order chi connectivity index (χ0) is 16.1. The lowest BCUT2D eigenvalue weighted by Crippen LogP contribution is -2.31. The molecular formula is C16H14Cl3NO2. The van der Waals surface area contributed by atoms with Crippen molar-refractivity contribution in [3.8, 4) is 5.75 Å². The van der Waals surface area contributed by atoms with Crippen molar-refractivity contribution in [3.05, 3.63) is 63.1 Å². The van der Waals surface area contributed by atoms with Crippen LogP contribution in [0.25, 0.3) is 0 Å². The predicted octanol–water partition coefficient (Wildman–Crippen LogP) is 4.90. The first kappa shape index (κ1) is 16.9. The van der Waals surface area contributed by atoms with Gasteiger partial charge in [0.1, 0.15) is 0 Å². The highest BCUT2D eigenvalue weighted by Gasteiger charge is 2.12. The van der Waals surface area contributed by atoms with E-state index in [9.17, 15) is 4.79 Å². The fourth-order valence-corrected chi connectivity index (χ4v) is 2.51. The average Bonchev–Trinajstić information content (AvgIpc) is 2.47. The summed E-state index contributed by atoms with van der Waals surface area (Å²) in [6, 6.07) is 12.1. The van der Waals surface area contributed by atoms with Crippen molar-refractivity contribution in [2.24, 2.45) is 0 Å². The maximum Gasteiger partial charge on any atom is 0.258 e. The lowest BCUT2D eigenvalue weighted by Gasteiger charge is -2.15. The summed E-state index contributed by atoms with van der Waals surface area (Å²) in [6.07, 6.45) is 0. The van der Waals surface area contributed by atoms with Gasteiger partial charge in [-0.1, -0.05) is 53.0 Å². The van der Waals surface area contributed by atoms with Crippen LogP contribution in [0.2, 0.25) is 15.1 Å². The van der Waals surface area contributed by atoms with Gasteiger partial charge in [0.2, 0.25) is 0 Å². The monoisotopic (exact) mass is 357 g/mol. The summed E-state index contributed by atoms with van der Waals surface area (Å²) in [4.78, 5) is 11.9. The molecule has 0 spiro atoms. The Labute approximate surface area is 144 Å². The van der Waals surface area contributed by atoms with Gasteiger partial charge in [0, 0.05) is 5.02 Å². The van der Waals surface area contributed by atoms with E-state index in [1.165, 1.54) is 0 Å². The van der Waals surface area contributed by atoms with Gasteiger partial charge in [-0.3, -0.25) is 4.79 Å². The van der Waals surface area contributed by atoms with Crippen LogP contribution in [0.5, 0.6) is 5.75 Å². The number of nitrogens with one attached hydrogen (secondary N) is 1. The molecular weight excluding hydrogens is 345 g/mol. The van der Waals surface area contributed by atoms with Crippen LogP contribution in [0.15, 0.2) is 42.5 Å². The van der Waals surface area contributed by atoms with Gasteiger partial charge in [-0.25, -0.2) is 0 Å². The molecule has 0 saturated carbocycles. The zero-order valence-corrected chi connectivity index (χ0v) is 14.0. The minimum absolute atomic E-state index is 0.157. The van der Waals surface area contributed by atoms with E-state index in [-0.39, 0.29) is 18.6 Å². The molecule has 116 valence electrons. The highest BCUT2D eigenvalue weighted by atomic mass is 35.5. The Kier molecular flexibility index (Phi) is 5.95. The molecule has 1 atom stereocenters. The van der Waals surface area contributed by atoms with Gasteiger partial charge < -0.3 is 10.1 Å². The molecule has 0 bridgehead atoms. The van der Waals surface area contributed by atoms with Crippen molar-refractivity contribution in [1.82, 2.24) is 5.32 Å². The molecule has 0 radical (unpaired) electrons. The summed E-state index contributed by atoms with van der Waals surface area (Å²) in [5, 5.41) is 4.22. The average molecular weight is 359 g/mol. The van der Waals surface area contributed by atoms with E-state index in [1.807, 2.05) is 19.1 Å².